The summed E-state index contributed by atoms with van der Waals surface area (Å²) in [5, 5.41) is 6.58. The van der Waals surface area contributed by atoms with Crippen LogP contribution in [0.5, 0.6) is 0 Å². The van der Waals surface area contributed by atoms with Gasteiger partial charge in [-0.3, -0.25) is 4.90 Å². The number of anilines is 1. The van der Waals surface area contributed by atoms with E-state index >= 15 is 0 Å². The van der Waals surface area contributed by atoms with Gasteiger partial charge in [-0.25, -0.2) is 9.78 Å². The Morgan fingerprint density at radius 1 is 1.21 bits per heavy atom. The highest BCUT2D eigenvalue weighted by atomic mass is 35.5. The van der Waals surface area contributed by atoms with Crippen LogP contribution in [0.25, 0.3) is 11.1 Å². The summed E-state index contributed by atoms with van der Waals surface area (Å²) in [7, 11) is 6.18. The van der Waals surface area contributed by atoms with E-state index in [1.54, 1.807) is 6.07 Å². The zero-order valence-electron chi connectivity index (χ0n) is 16.8. The summed E-state index contributed by atoms with van der Waals surface area (Å²) in [5.74, 6) is 0.670. The molecule has 7 nitrogen and oxygen atoms in total. The van der Waals surface area contributed by atoms with Crippen LogP contribution in [0.4, 0.5) is 10.5 Å². The molecule has 2 aromatic rings. The number of oxazole rings is 1. The average molecular weight is 406 g/mol. The van der Waals surface area contributed by atoms with Crippen LogP contribution < -0.4 is 10.6 Å². The number of benzene rings is 1. The zero-order chi connectivity index (χ0) is 19.9. The van der Waals surface area contributed by atoms with E-state index in [0.717, 1.165) is 55.4 Å². The van der Waals surface area contributed by atoms with Gasteiger partial charge in [-0.1, -0.05) is 30.9 Å². The minimum Gasteiger partial charge on any atom is -0.439 e. The molecule has 0 radical (unpaired) electrons. The van der Waals surface area contributed by atoms with Gasteiger partial charge in [0.05, 0.1) is 22.8 Å². The molecule has 0 bridgehead atoms. The summed E-state index contributed by atoms with van der Waals surface area (Å²) in [6.45, 7) is 2.52. The molecule has 0 atom stereocenters. The first kappa shape index (κ1) is 19.5. The standard InChI is InChI=1S/C20H28ClN5O2/c1-25(2)9-10-26(3)12-15-22-14-11-13(21)17-16(18(14)28-15)20(24-19(27)23-17)7-5-4-6-8-20/h11H,4-10,12H2,1-3H3,(H2,23,24,27). The summed E-state index contributed by atoms with van der Waals surface area (Å²) in [4.78, 5) is 21.4. The smallest absolute Gasteiger partial charge is 0.319 e. The number of aromatic nitrogens is 1. The van der Waals surface area contributed by atoms with Gasteiger partial charge < -0.3 is 20.0 Å². The summed E-state index contributed by atoms with van der Waals surface area (Å²) in [6.07, 6.45) is 5.11. The van der Waals surface area contributed by atoms with Gasteiger partial charge >= 0.3 is 6.03 Å². The van der Waals surface area contributed by atoms with E-state index in [9.17, 15) is 4.79 Å². The number of hydrogen-bond acceptors (Lipinski definition) is 5. The van der Waals surface area contributed by atoms with Gasteiger partial charge in [-0.15, -0.1) is 0 Å². The van der Waals surface area contributed by atoms with Crippen molar-refractivity contribution in [1.82, 2.24) is 20.1 Å². The second-order valence-electron chi connectivity index (χ2n) is 8.33. The van der Waals surface area contributed by atoms with Crippen molar-refractivity contribution in [3.63, 3.8) is 0 Å². The summed E-state index contributed by atoms with van der Waals surface area (Å²) in [6, 6.07) is 1.60. The van der Waals surface area contributed by atoms with E-state index in [0.29, 0.717) is 23.1 Å². The van der Waals surface area contributed by atoms with E-state index in [1.807, 2.05) is 0 Å². The van der Waals surface area contributed by atoms with E-state index in [-0.39, 0.29) is 6.03 Å². The number of rotatable bonds is 5. The number of nitrogens with one attached hydrogen (secondary N) is 2. The molecule has 1 saturated carbocycles. The lowest BCUT2D eigenvalue weighted by Crippen LogP contribution is -2.52. The van der Waals surface area contributed by atoms with E-state index in [1.165, 1.54) is 6.42 Å². The van der Waals surface area contributed by atoms with Crippen LogP contribution in [0.3, 0.4) is 0 Å². The van der Waals surface area contributed by atoms with Crippen molar-refractivity contribution in [1.29, 1.82) is 0 Å². The van der Waals surface area contributed by atoms with Crippen LogP contribution in [-0.2, 0) is 12.1 Å². The molecular formula is C20H28ClN5O2. The predicted octanol–water partition coefficient (Wildman–Crippen LogP) is 3.77. The molecule has 0 saturated heterocycles. The van der Waals surface area contributed by atoms with Crippen LogP contribution in [-0.4, -0.2) is 55.0 Å². The molecule has 1 spiro atoms. The normalized spacial score (nSPS) is 18.6. The van der Waals surface area contributed by atoms with Crippen LogP contribution in [0.1, 0.15) is 43.6 Å². The first-order chi connectivity index (χ1) is 13.4. The number of halogens is 1. The first-order valence-electron chi connectivity index (χ1n) is 9.93. The van der Waals surface area contributed by atoms with Gasteiger partial charge in [-0.05, 0) is 40.1 Å². The van der Waals surface area contributed by atoms with Gasteiger partial charge in [0.1, 0.15) is 5.52 Å². The molecule has 152 valence electrons. The maximum atomic E-state index is 12.3. The number of hydrogen-bond donors (Lipinski definition) is 2. The second kappa shape index (κ2) is 7.54. The zero-order valence-corrected chi connectivity index (χ0v) is 17.5. The minimum atomic E-state index is -0.424. The lowest BCUT2D eigenvalue weighted by Gasteiger charge is -2.42. The topological polar surface area (TPSA) is 73.6 Å². The fourth-order valence-corrected chi connectivity index (χ4v) is 4.61. The number of carbonyl (C=O) groups is 1. The maximum Gasteiger partial charge on any atom is 0.319 e. The molecule has 2 amide bonds. The average Bonchev–Trinajstić information content (AvgIpc) is 3.02. The third kappa shape index (κ3) is 3.58. The van der Waals surface area contributed by atoms with Crippen molar-refractivity contribution in [2.45, 2.75) is 44.2 Å². The molecule has 4 rings (SSSR count). The Bertz CT molecular complexity index is 888. The molecule has 28 heavy (non-hydrogen) atoms. The number of fused-ring (bicyclic) bond motifs is 4. The van der Waals surface area contributed by atoms with Crippen molar-refractivity contribution in [3.05, 3.63) is 22.5 Å². The quantitative estimate of drug-likeness (QED) is 0.792. The van der Waals surface area contributed by atoms with Gasteiger partial charge in [0.25, 0.3) is 0 Å². The van der Waals surface area contributed by atoms with Gasteiger partial charge in [0.2, 0.25) is 5.89 Å². The molecule has 1 aliphatic heterocycles. The van der Waals surface area contributed by atoms with Gasteiger partial charge in [0.15, 0.2) is 5.58 Å². The molecular weight excluding hydrogens is 378 g/mol. The van der Waals surface area contributed by atoms with Crippen molar-refractivity contribution in [2.75, 3.05) is 39.5 Å². The number of nitrogens with zero attached hydrogens (tertiary/aromatic N) is 3. The van der Waals surface area contributed by atoms with Gasteiger partial charge in [-0.2, -0.15) is 0 Å². The number of likely N-dealkylation sites (N-methyl/N-ethyl adjacent to an activating group) is 2. The van der Waals surface area contributed by atoms with Gasteiger partial charge in [0, 0.05) is 18.7 Å². The number of carbonyl (C=O) groups excluding carboxylic acids is 1. The van der Waals surface area contributed by atoms with Crippen LogP contribution in [0, 0.1) is 0 Å². The number of urea groups is 1. The second-order valence-corrected chi connectivity index (χ2v) is 8.73. The fraction of sp³-hybridized carbons (Fsp3) is 0.600. The van der Waals surface area contributed by atoms with Crippen LogP contribution >= 0.6 is 11.6 Å². The SMILES string of the molecule is CN(C)CCN(C)Cc1nc2cc(Cl)c3c(c2o1)C1(CCCCC1)NC(=O)N3. The Hall–Kier alpha value is -1.83. The molecule has 2 aliphatic rings. The number of amides is 2. The van der Waals surface area contributed by atoms with E-state index < -0.39 is 5.54 Å². The minimum absolute atomic E-state index is 0.196. The fourth-order valence-electron chi connectivity index (χ4n) is 4.36. The van der Waals surface area contributed by atoms with Crippen molar-refractivity contribution in [2.24, 2.45) is 0 Å². The van der Waals surface area contributed by atoms with E-state index in [4.69, 9.17) is 21.0 Å². The Kier molecular flexibility index (Phi) is 5.24. The Balaban J connectivity index is 1.74. The molecule has 8 heteroatoms. The Morgan fingerprint density at radius 2 is 1.96 bits per heavy atom. The first-order valence-corrected chi connectivity index (χ1v) is 10.3. The van der Waals surface area contributed by atoms with Crippen molar-refractivity contribution >= 4 is 34.4 Å². The largest absolute Gasteiger partial charge is 0.439 e. The third-order valence-corrected chi connectivity index (χ3v) is 6.09. The summed E-state index contributed by atoms with van der Waals surface area (Å²) >= 11 is 6.55. The monoisotopic (exact) mass is 405 g/mol. The lowest BCUT2D eigenvalue weighted by atomic mass is 9.74. The highest BCUT2D eigenvalue weighted by Gasteiger charge is 2.44. The van der Waals surface area contributed by atoms with Crippen LogP contribution in [0.15, 0.2) is 10.5 Å². The summed E-state index contributed by atoms with van der Waals surface area (Å²) in [5.41, 5.74) is 2.70. The molecule has 1 aliphatic carbocycles. The van der Waals surface area contributed by atoms with Crippen molar-refractivity contribution in [3.8, 4) is 0 Å². The van der Waals surface area contributed by atoms with Crippen molar-refractivity contribution < 1.29 is 9.21 Å². The molecule has 0 unspecified atom stereocenters. The lowest BCUT2D eigenvalue weighted by molar-refractivity contribution is 0.208. The highest BCUT2D eigenvalue weighted by molar-refractivity contribution is 6.35. The third-order valence-electron chi connectivity index (χ3n) is 5.79. The predicted molar refractivity (Wildman–Crippen MR) is 111 cm³/mol. The molecule has 1 aromatic carbocycles. The maximum absolute atomic E-state index is 12.3. The van der Waals surface area contributed by atoms with Crippen LogP contribution in [0.2, 0.25) is 5.02 Å². The molecule has 2 heterocycles. The molecule has 2 N–H and O–H groups in total. The molecule has 1 aromatic heterocycles. The highest BCUT2D eigenvalue weighted by Crippen LogP contribution is 2.48. The molecule has 1 fully saturated rings. The Labute approximate surface area is 170 Å². The van der Waals surface area contributed by atoms with E-state index in [2.05, 4.69) is 41.6 Å². The summed E-state index contributed by atoms with van der Waals surface area (Å²) < 4.78 is 6.25. The Morgan fingerprint density at radius 3 is 2.68 bits per heavy atom.